The molecule has 29 heavy (non-hydrogen) atoms. The van der Waals surface area contributed by atoms with Crippen LogP contribution >= 0.6 is 0 Å². The van der Waals surface area contributed by atoms with E-state index in [9.17, 15) is 14.7 Å². The lowest BCUT2D eigenvalue weighted by Crippen LogP contribution is -2.25. The Labute approximate surface area is 178 Å². The Morgan fingerprint density at radius 2 is 1.31 bits per heavy atom. The van der Waals surface area contributed by atoms with Gasteiger partial charge in [-0.3, -0.25) is 4.79 Å². The van der Waals surface area contributed by atoms with Gasteiger partial charge in [0, 0.05) is 12.0 Å². The number of aliphatic hydroxyl groups excluding tert-OH is 1. The smallest absolute Gasteiger partial charge is 0.333 e. The molecule has 0 aromatic carbocycles. The summed E-state index contributed by atoms with van der Waals surface area (Å²) in [5.74, 6) is 0.0555. The monoisotopic (exact) mass is 412 g/mol. The number of aliphatic hydroxyl groups is 1. The number of carbonyl (C=O) groups is 2. The highest BCUT2D eigenvalue weighted by atomic mass is 16.6. The third-order valence-corrected chi connectivity index (χ3v) is 5.01. The first kappa shape index (κ1) is 27.6. The van der Waals surface area contributed by atoms with Gasteiger partial charge in [0.25, 0.3) is 0 Å². The van der Waals surface area contributed by atoms with E-state index >= 15 is 0 Å². The molecule has 1 N–H and O–H groups in total. The van der Waals surface area contributed by atoms with Gasteiger partial charge < -0.3 is 14.6 Å². The van der Waals surface area contributed by atoms with Crippen molar-refractivity contribution in [2.75, 3.05) is 13.2 Å². The summed E-state index contributed by atoms with van der Waals surface area (Å²) in [7, 11) is 0. The molecular weight excluding hydrogens is 368 g/mol. The molecule has 0 bridgehead atoms. The van der Waals surface area contributed by atoms with E-state index in [2.05, 4.69) is 13.8 Å². The highest BCUT2D eigenvalue weighted by molar-refractivity contribution is 5.87. The van der Waals surface area contributed by atoms with Crippen LogP contribution in [0, 0.1) is 5.92 Å². The highest BCUT2D eigenvalue weighted by Crippen LogP contribution is 2.14. The molecule has 0 aliphatic carbocycles. The molecule has 0 amide bonds. The van der Waals surface area contributed by atoms with Crippen molar-refractivity contribution in [2.24, 2.45) is 5.92 Å². The van der Waals surface area contributed by atoms with E-state index in [0.29, 0.717) is 12.0 Å². The van der Waals surface area contributed by atoms with Crippen molar-refractivity contribution >= 4 is 11.9 Å². The molecule has 0 radical (unpaired) electrons. The average molecular weight is 413 g/mol. The average Bonchev–Trinajstić information content (AvgIpc) is 2.70. The summed E-state index contributed by atoms with van der Waals surface area (Å²) in [5, 5.41) is 9.71. The second-order valence-corrected chi connectivity index (χ2v) is 8.38. The van der Waals surface area contributed by atoms with E-state index < -0.39 is 12.1 Å². The fourth-order valence-corrected chi connectivity index (χ4v) is 2.95. The molecule has 170 valence electrons. The number of ether oxygens (including phenoxy) is 2. The van der Waals surface area contributed by atoms with Gasteiger partial charge in [-0.2, -0.15) is 0 Å². The van der Waals surface area contributed by atoms with E-state index in [-0.39, 0.29) is 19.2 Å². The molecule has 0 rings (SSSR count). The van der Waals surface area contributed by atoms with Crippen molar-refractivity contribution in [1.29, 1.82) is 0 Å². The summed E-state index contributed by atoms with van der Waals surface area (Å²) in [6.45, 7) is 7.65. The zero-order chi connectivity index (χ0) is 21.9. The molecule has 0 heterocycles. The van der Waals surface area contributed by atoms with Crippen molar-refractivity contribution in [3.63, 3.8) is 0 Å². The van der Waals surface area contributed by atoms with Gasteiger partial charge in [-0.25, -0.2) is 4.79 Å². The van der Waals surface area contributed by atoms with Crippen LogP contribution in [-0.2, 0) is 19.1 Å². The maximum atomic E-state index is 11.7. The number of allylic oxidation sites excluding steroid dienone is 1. The zero-order valence-electron chi connectivity index (χ0n) is 19.2. The number of hydrogen-bond donors (Lipinski definition) is 1. The van der Waals surface area contributed by atoms with Gasteiger partial charge in [0.1, 0.15) is 19.3 Å². The predicted octanol–water partition coefficient (Wildman–Crippen LogP) is 5.74. The Balaban J connectivity index is 3.44. The first-order valence-corrected chi connectivity index (χ1v) is 11.5. The summed E-state index contributed by atoms with van der Waals surface area (Å²) in [6.07, 6.45) is 14.7. The first-order chi connectivity index (χ1) is 13.9. The molecule has 0 fully saturated rings. The Bertz CT molecular complexity index is 456. The lowest BCUT2D eigenvalue weighted by molar-refractivity contribution is -0.150. The maximum absolute atomic E-state index is 11.7. The summed E-state index contributed by atoms with van der Waals surface area (Å²) in [5.41, 5.74) is 0.482. The fraction of sp³-hybridized carbons (Fsp3) is 0.833. The fourth-order valence-electron chi connectivity index (χ4n) is 2.95. The number of carbonyl (C=O) groups excluding carboxylic acids is 2. The summed E-state index contributed by atoms with van der Waals surface area (Å²) in [6, 6.07) is 0. The van der Waals surface area contributed by atoms with Crippen molar-refractivity contribution < 1.29 is 24.2 Å². The largest absolute Gasteiger partial charge is 0.463 e. The minimum absolute atomic E-state index is 0.141. The summed E-state index contributed by atoms with van der Waals surface area (Å²) < 4.78 is 9.96. The Hall–Kier alpha value is -1.36. The molecule has 0 aliphatic rings. The molecular formula is C24H44O5. The minimum atomic E-state index is -0.988. The topological polar surface area (TPSA) is 72.8 Å². The lowest BCUT2D eigenvalue weighted by Gasteiger charge is -2.12. The second-order valence-electron chi connectivity index (χ2n) is 8.38. The van der Waals surface area contributed by atoms with Crippen LogP contribution in [0.15, 0.2) is 11.6 Å². The lowest BCUT2D eigenvalue weighted by atomic mass is 10.0. The quantitative estimate of drug-likeness (QED) is 0.177. The van der Waals surface area contributed by atoms with Crippen molar-refractivity contribution in [2.45, 2.75) is 111 Å². The van der Waals surface area contributed by atoms with Gasteiger partial charge in [0.05, 0.1) is 0 Å². The molecule has 0 aromatic heterocycles. The molecule has 1 atom stereocenters. The van der Waals surface area contributed by atoms with Crippen LogP contribution < -0.4 is 0 Å². The van der Waals surface area contributed by atoms with E-state index in [4.69, 9.17) is 9.47 Å². The number of esters is 2. The van der Waals surface area contributed by atoms with Crippen molar-refractivity contribution in [3.8, 4) is 0 Å². The minimum Gasteiger partial charge on any atom is -0.463 e. The molecule has 0 aromatic rings. The van der Waals surface area contributed by atoms with Gasteiger partial charge in [-0.1, -0.05) is 84.1 Å². The van der Waals surface area contributed by atoms with Gasteiger partial charge in [0.2, 0.25) is 0 Å². The molecule has 0 saturated heterocycles. The Kier molecular flexibility index (Phi) is 17.8. The standard InChI is InChI=1S/C24H44O5/c1-5-21(4)24(27)29-19-22(25)18-28-23(26)17-15-13-11-9-7-6-8-10-12-14-16-20(2)3/h5,20,22,25H,6-19H2,1-4H3/t22-/m0/s1. The van der Waals surface area contributed by atoms with E-state index in [1.807, 2.05) is 0 Å². The van der Waals surface area contributed by atoms with Gasteiger partial charge >= 0.3 is 11.9 Å². The summed E-state index contributed by atoms with van der Waals surface area (Å²) >= 11 is 0. The summed E-state index contributed by atoms with van der Waals surface area (Å²) in [4.78, 5) is 23.1. The number of rotatable bonds is 18. The SMILES string of the molecule is CC=C(C)C(=O)OC[C@@H](O)COC(=O)CCCCCCCCCCCCC(C)C. The molecule has 0 spiro atoms. The van der Waals surface area contributed by atoms with Crippen LogP contribution in [0.25, 0.3) is 0 Å². The van der Waals surface area contributed by atoms with Gasteiger partial charge in [-0.05, 0) is 26.2 Å². The first-order valence-electron chi connectivity index (χ1n) is 11.5. The predicted molar refractivity (Wildman–Crippen MR) is 118 cm³/mol. The third-order valence-electron chi connectivity index (χ3n) is 5.01. The molecule has 0 unspecified atom stereocenters. The van der Waals surface area contributed by atoms with E-state index in [1.54, 1.807) is 19.9 Å². The van der Waals surface area contributed by atoms with Crippen LogP contribution in [0.4, 0.5) is 0 Å². The molecule has 0 saturated carbocycles. The molecule has 5 nitrogen and oxygen atoms in total. The Morgan fingerprint density at radius 1 is 0.828 bits per heavy atom. The number of hydrogen-bond acceptors (Lipinski definition) is 5. The van der Waals surface area contributed by atoms with E-state index in [1.165, 1.54) is 51.4 Å². The van der Waals surface area contributed by atoms with Crippen LogP contribution in [0.5, 0.6) is 0 Å². The van der Waals surface area contributed by atoms with Crippen LogP contribution in [-0.4, -0.2) is 36.4 Å². The van der Waals surface area contributed by atoms with Crippen LogP contribution in [0.2, 0.25) is 0 Å². The van der Waals surface area contributed by atoms with E-state index in [0.717, 1.165) is 25.2 Å². The number of unbranched alkanes of at least 4 members (excludes halogenated alkanes) is 9. The molecule has 0 aliphatic heterocycles. The molecule has 5 heteroatoms. The van der Waals surface area contributed by atoms with Gasteiger partial charge in [0.15, 0.2) is 0 Å². The van der Waals surface area contributed by atoms with Crippen LogP contribution in [0.3, 0.4) is 0 Å². The third kappa shape index (κ3) is 18.4. The van der Waals surface area contributed by atoms with Crippen LogP contribution in [0.1, 0.15) is 105 Å². The van der Waals surface area contributed by atoms with Crippen molar-refractivity contribution in [3.05, 3.63) is 11.6 Å². The van der Waals surface area contributed by atoms with Crippen molar-refractivity contribution in [1.82, 2.24) is 0 Å². The highest BCUT2D eigenvalue weighted by Gasteiger charge is 2.12. The second kappa shape index (κ2) is 18.7. The normalized spacial score (nSPS) is 12.8. The Morgan fingerprint density at radius 3 is 1.83 bits per heavy atom. The van der Waals surface area contributed by atoms with Gasteiger partial charge in [-0.15, -0.1) is 0 Å². The zero-order valence-corrected chi connectivity index (χ0v) is 19.2. The maximum Gasteiger partial charge on any atom is 0.333 e.